The minimum atomic E-state index is 0.182. The Morgan fingerprint density at radius 3 is 2.24 bits per heavy atom. The molecule has 12 nitrogen and oxygen atoms in total. The highest BCUT2D eigenvalue weighted by Crippen LogP contribution is 2.45. The quantitative estimate of drug-likeness (QED) is 0.241. The molecule has 0 aliphatic carbocycles. The van der Waals surface area contributed by atoms with Gasteiger partial charge in [-0.2, -0.15) is 0 Å². The van der Waals surface area contributed by atoms with Crippen molar-refractivity contribution in [2.45, 2.75) is 0 Å². The van der Waals surface area contributed by atoms with Crippen molar-refractivity contribution >= 4 is 52.0 Å². The van der Waals surface area contributed by atoms with Crippen LogP contribution < -0.4 is 25.0 Å². The van der Waals surface area contributed by atoms with E-state index >= 15 is 0 Å². The van der Waals surface area contributed by atoms with Gasteiger partial charge < -0.3 is 30.1 Å². The molecule has 1 saturated heterocycles. The summed E-state index contributed by atoms with van der Waals surface area (Å²) in [5.74, 6) is 2.31. The standard InChI is InChI=1S/C27H29Cl2N9O3/c1-40-19-14-20(41-2)24(29)26(23(19)28)36-27-25(30-5-6-31-27)18-13-22(34-16-33-18)35-21-4-3-17(15-32-21)38-9-7-37(8-10-38)11-12-39/h3-6,13-16,39H,7-12H2,1-2H3,(H,31,36)(H,32,33,34,35). The Bertz CT molecular complexity index is 1460. The van der Waals surface area contributed by atoms with E-state index in [1.165, 1.54) is 20.5 Å². The maximum Gasteiger partial charge on any atom is 0.158 e. The topological polar surface area (TPSA) is 134 Å². The molecule has 0 saturated carbocycles. The smallest absolute Gasteiger partial charge is 0.158 e. The third-order valence-electron chi connectivity index (χ3n) is 6.58. The summed E-state index contributed by atoms with van der Waals surface area (Å²) in [7, 11) is 3.01. The van der Waals surface area contributed by atoms with Crippen molar-refractivity contribution in [2.75, 3.05) is 69.1 Å². The fourth-order valence-electron chi connectivity index (χ4n) is 4.44. The number of methoxy groups -OCH3 is 2. The minimum Gasteiger partial charge on any atom is -0.495 e. The zero-order chi connectivity index (χ0) is 28.8. The monoisotopic (exact) mass is 597 g/mol. The molecule has 0 radical (unpaired) electrons. The van der Waals surface area contributed by atoms with Crippen LogP contribution >= 0.6 is 23.2 Å². The van der Waals surface area contributed by atoms with E-state index in [1.54, 1.807) is 24.5 Å². The second kappa shape index (κ2) is 13.1. The summed E-state index contributed by atoms with van der Waals surface area (Å²) in [5.41, 5.74) is 2.37. The molecule has 0 amide bonds. The summed E-state index contributed by atoms with van der Waals surface area (Å²) in [4.78, 5) is 26.8. The van der Waals surface area contributed by atoms with E-state index < -0.39 is 0 Å². The Morgan fingerprint density at radius 1 is 0.854 bits per heavy atom. The molecule has 4 heterocycles. The maximum absolute atomic E-state index is 9.15. The number of aliphatic hydroxyl groups is 1. The van der Waals surface area contributed by atoms with Gasteiger partial charge in [-0.25, -0.2) is 24.9 Å². The van der Waals surface area contributed by atoms with Gasteiger partial charge in [0.1, 0.15) is 45.2 Å². The van der Waals surface area contributed by atoms with E-state index in [0.717, 1.165) is 31.9 Å². The molecule has 41 heavy (non-hydrogen) atoms. The van der Waals surface area contributed by atoms with Crippen molar-refractivity contribution in [1.29, 1.82) is 0 Å². The van der Waals surface area contributed by atoms with Gasteiger partial charge in [0.15, 0.2) is 5.82 Å². The third-order valence-corrected chi connectivity index (χ3v) is 7.33. The number of anilines is 5. The van der Waals surface area contributed by atoms with Crippen molar-refractivity contribution in [3.63, 3.8) is 0 Å². The van der Waals surface area contributed by atoms with Gasteiger partial charge in [-0.1, -0.05) is 23.2 Å². The number of β-amino-alcohol motifs (C(OH)–C–C–N with tert-alkyl or cyclic N) is 1. The van der Waals surface area contributed by atoms with Gasteiger partial charge in [0.05, 0.1) is 44.1 Å². The van der Waals surface area contributed by atoms with Gasteiger partial charge >= 0.3 is 0 Å². The molecule has 1 fully saturated rings. The first-order valence-electron chi connectivity index (χ1n) is 12.8. The van der Waals surface area contributed by atoms with Crippen molar-refractivity contribution in [1.82, 2.24) is 29.8 Å². The number of piperazine rings is 1. The largest absolute Gasteiger partial charge is 0.495 e. The Morgan fingerprint density at radius 2 is 1.59 bits per heavy atom. The number of halogens is 2. The van der Waals surface area contributed by atoms with Gasteiger partial charge in [0.25, 0.3) is 0 Å². The van der Waals surface area contributed by atoms with Crippen molar-refractivity contribution in [3.05, 3.63) is 59.2 Å². The van der Waals surface area contributed by atoms with Gasteiger partial charge in [0.2, 0.25) is 0 Å². The number of pyridine rings is 1. The van der Waals surface area contributed by atoms with E-state index in [4.69, 9.17) is 37.8 Å². The third kappa shape index (κ3) is 6.51. The lowest BCUT2D eigenvalue weighted by atomic mass is 10.2. The molecule has 0 atom stereocenters. The van der Waals surface area contributed by atoms with Crippen LogP contribution in [0, 0.1) is 0 Å². The summed E-state index contributed by atoms with van der Waals surface area (Å²) in [6.45, 7) is 4.48. The van der Waals surface area contributed by atoms with Crippen molar-refractivity contribution in [2.24, 2.45) is 0 Å². The van der Waals surface area contributed by atoms with E-state index in [0.29, 0.717) is 52.6 Å². The zero-order valence-corrected chi connectivity index (χ0v) is 24.0. The molecule has 214 valence electrons. The lowest BCUT2D eigenvalue weighted by Crippen LogP contribution is -2.47. The number of ether oxygens (including phenoxy) is 2. The Labute approximate surface area is 247 Å². The highest BCUT2D eigenvalue weighted by atomic mass is 35.5. The first kappa shape index (κ1) is 28.6. The van der Waals surface area contributed by atoms with Gasteiger partial charge in [0, 0.05) is 57.3 Å². The van der Waals surface area contributed by atoms with Crippen LogP contribution in [0.1, 0.15) is 0 Å². The van der Waals surface area contributed by atoms with Crippen LogP contribution in [0.5, 0.6) is 11.5 Å². The molecule has 4 aromatic rings. The second-order valence-electron chi connectivity index (χ2n) is 9.03. The van der Waals surface area contributed by atoms with Crippen LogP contribution in [0.25, 0.3) is 11.4 Å². The molecule has 5 rings (SSSR count). The number of nitrogens with one attached hydrogen (secondary N) is 2. The van der Waals surface area contributed by atoms with E-state index in [9.17, 15) is 0 Å². The van der Waals surface area contributed by atoms with Crippen molar-refractivity contribution < 1.29 is 14.6 Å². The number of aliphatic hydroxyl groups excluding tert-OH is 1. The Kier molecular flexibility index (Phi) is 9.14. The summed E-state index contributed by atoms with van der Waals surface area (Å²) >= 11 is 13.1. The first-order valence-corrected chi connectivity index (χ1v) is 13.6. The summed E-state index contributed by atoms with van der Waals surface area (Å²) < 4.78 is 10.7. The van der Waals surface area contributed by atoms with Crippen LogP contribution in [0.2, 0.25) is 10.0 Å². The maximum atomic E-state index is 9.15. The van der Waals surface area contributed by atoms with Crippen LogP contribution in [-0.4, -0.2) is 88.5 Å². The van der Waals surface area contributed by atoms with Gasteiger partial charge in [-0.05, 0) is 12.1 Å². The fraction of sp³-hybridized carbons (Fsp3) is 0.296. The Balaban J connectivity index is 1.34. The molecule has 0 spiro atoms. The molecular formula is C27H29Cl2N9O3. The number of benzene rings is 1. The van der Waals surface area contributed by atoms with Gasteiger partial charge in [-0.3, -0.25) is 4.90 Å². The first-order chi connectivity index (χ1) is 20.0. The molecule has 1 aliphatic heterocycles. The molecule has 0 bridgehead atoms. The van der Waals surface area contributed by atoms with E-state index in [1.807, 2.05) is 18.3 Å². The average Bonchev–Trinajstić information content (AvgIpc) is 3.01. The van der Waals surface area contributed by atoms with Crippen LogP contribution in [0.4, 0.5) is 28.8 Å². The SMILES string of the molecule is COc1cc(OC)c(Cl)c(Nc2nccnc2-c2cc(Nc3ccc(N4CCN(CCO)CC4)cn3)ncn2)c1Cl. The molecule has 3 N–H and O–H groups in total. The van der Waals surface area contributed by atoms with E-state index in [2.05, 4.69) is 45.4 Å². The Hall–Kier alpha value is -3.97. The average molecular weight is 598 g/mol. The molecule has 1 aromatic carbocycles. The highest BCUT2D eigenvalue weighted by Gasteiger charge is 2.21. The number of hydrogen-bond acceptors (Lipinski definition) is 12. The number of aromatic nitrogens is 5. The fourth-order valence-corrected chi connectivity index (χ4v) is 5.03. The lowest BCUT2D eigenvalue weighted by Gasteiger charge is -2.35. The van der Waals surface area contributed by atoms with Gasteiger partial charge in [-0.15, -0.1) is 0 Å². The molecular weight excluding hydrogens is 569 g/mol. The van der Waals surface area contributed by atoms with Crippen LogP contribution in [0.3, 0.4) is 0 Å². The zero-order valence-electron chi connectivity index (χ0n) is 22.5. The van der Waals surface area contributed by atoms with Crippen molar-refractivity contribution in [3.8, 4) is 22.9 Å². The predicted molar refractivity (Wildman–Crippen MR) is 159 cm³/mol. The lowest BCUT2D eigenvalue weighted by molar-refractivity contribution is 0.189. The number of nitrogens with zero attached hydrogens (tertiary/aromatic N) is 7. The summed E-state index contributed by atoms with van der Waals surface area (Å²) in [5, 5.41) is 16.1. The van der Waals surface area contributed by atoms with E-state index in [-0.39, 0.29) is 16.7 Å². The van der Waals surface area contributed by atoms with Crippen LogP contribution in [-0.2, 0) is 0 Å². The predicted octanol–water partition coefficient (Wildman–Crippen LogP) is 4.25. The molecule has 3 aromatic heterocycles. The summed E-state index contributed by atoms with van der Waals surface area (Å²) in [6.07, 6.45) is 6.38. The molecule has 14 heteroatoms. The molecule has 0 unspecified atom stereocenters. The second-order valence-corrected chi connectivity index (χ2v) is 9.79. The summed E-state index contributed by atoms with van der Waals surface area (Å²) in [6, 6.07) is 7.29. The highest BCUT2D eigenvalue weighted by molar-refractivity contribution is 6.41. The van der Waals surface area contributed by atoms with Crippen LogP contribution in [0.15, 0.2) is 49.2 Å². The molecule has 1 aliphatic rings. The minimum absolute atomic E-state index is 0.182. The number of hydrogen-bond donors (Lipinski definition) is 3. The normalized spacial score (nSPS) is 13.6. The number of rotatable bonds is 10.